The highest BCUT2D eigenvalue weighted by molar-refractivity contribution is 7.99. The molecule has 0 fully saturated rings. The lowest BCUT2D eigenvalue weighted by molar-refractivity contribution is 0.417. The number of anilines is 1. The fraction of sp³-hybridized carbons (Fsp3) is 0.222. The summed E-state index contributed by atoms with van der Waals surface area (Å²) < 4.78 is 38.7. The van der Waals surface area contributed by atoms with Crippen molar-refractivity contribution in [2.24, 2.45) is 0 Å². The molecular formula is C18H17N3O4S2. The summed E-state index contributed by atoms with van der Waals surface area (Å²) in [5.41, 5.74) is 1.32. The standard InChI is InChI=1S/C18H17N3O4S2/c1-24-16-7-3-2-6-14(16)21-27(22,23)13-8-9-17-15(12-13)20-18(25-17)26-11-5-4-10-19/h2-3,6-9,12,21H,4-5,11H2,1H3. The number of rotatable bonds is 8. The van der Waals surface area contributed by atoms with Gasteiger partial charge in [0.2, 0.25) is 0 Å². The first kappa shape index (κ1) is 19.1. The first-order valence-electron chi connectivity index (χ1n) is 8.09. The Hall–Kier alpha value is -2.70. The largest absolute Gasteiger partial charge is 0.495 e. The second kappa shape index (κ2) is 8.33. The molecule has 2 aromatic carbocycles. The summed E-state index contributed by atoms with van der Waals surface area (Å²) in [6, 6.07) is 13.4. The molecule has 0 saturated carbocycles. The van der Waals surface area contributed by atoms with E-state index >= 15 is 0 Å². The minimum atomic E-state index is -3.81. The highest BCUT2D eigenvalue weighted by atomic mass is 32.2. The monoisotopic (exact) mass is 403 g/mol. The Morgan fingerprint density at radius 1 is 1.30 bits per heavy atom. The van der Waals surface area contributed by atoms with Crippen LogP contribution in [0.3, 0.4) is 0 Å². The molecule has 7 nitrogen and oxygen atoms in total. The number of aromatic nitrogens is 1. The molecule has 9 heteroatoms. The molecule has 1 heterocycles. The van der Waals surface area contributed by atoms with Crippen LogP contribution >= 0.6 is 11.8 Å². The minimum Gasteiger partial charge on any atom is -0.495 e. The molecule has 0 aliphatic heterocycles. The van der Waals surface area contributed by atoms with Gasteiger partial charge in [-0.2, -0.15) is 5.26 Å². The van der Waals surface area contributed by atoms with Gasteiger partial charge in [-0.1, -0.05) is 23.9 Å². The molecule has 27 heavy (non-hydrogen) atoms. The first-order chi connectivity index (χ1) is 13.0. The van der Waals surface area contributed by atoms with Crippen molar-refractivity contribution in [1.82, 2.24) is 4.98 Å². The SMILES string of the molecule is COc1ccccc1NS(=O)(=O)c1ccc2oc(SCCCC#N)nc2c1. The molecule has 0 bridgehead atoms. The average molecular weight is 403 g/mol. The zero-order valence-electron chi connectivity index (χ0n) is 14.5. The van der Waals surface area contributed by atoms with Crippen LogP contribution in [0.4, 0.5) is 5.69 Å². The molecule has 0 unspecified atom stereocenters. The Balaban J connectivity index is 1.82. The molecular weight excluding hydrogens is 386 g/mol. The predicted molar refractivity (Wildman–Crippen MR) is 103 cm³/mol. The number of nitrogens with zero attached hydrogens (tertiary/aromatic N) is 2. The maximum Gasteiger partial charge on any atom is 0.262 e. The van der Waals surface area contributed by atoms with E-state index in [2.05, 4.69) is 15.8 Å². The summed E-state index contributed by atoms with van der Waals surface area (Å²) in [5, 5.41) is 9.01. The van der Waals surface area contributed by atoms with E-state index in [1.54, 1.807) is 30.3 Å². The van der Waals surface area contributed by atoms with E-state index in [9.17, 15) is 8.42 Å². The number of benzene rings is 2. The van der Waals surface area contributed by atoms with Crippen LogP contribution in [-0.2, 0) is 10.0 Å². The number of nitrogens with one attached hydrogen (secondary N) is 1. The van der Waals surface area contributed by atoms with E-state index in [1.165, 1.54) is 31.0 Å². The minimum absolute atomic E-state index is 0.0789. The highest BCUT2D eigenvalue weighted by Crippen LogP contribution is 2.29. The number of hydrogen-bond donors (Lipinski definition) is 1. The average Bonchev–Trinajstić information content (AvgIpc) is 3.07. The van der Waals surface area contributed by atoms with E-state index in [-0.39, 0.29) is 4.90 Å². The van der Waals surface area contributed by atoms with Crippen LogP contribution in [0.2, 0.25) is 0 Å². The van der Waals surface area contributed by atoms with Gasteiger partial charge in [0, 0.05) is 12.2 Å². The van der Waals surface area contributed by atoms with Gasteiger partial charge in [0.15, 0.2) is 5.58 Å². The van der Waals surface area contributed by atoms with Crippen LogP contribution in [-0.4, -0.2) is 26.3 Å². The lowest BCUT2D eigenvalue weighted by Crippen LogP contribution is -2.13. The van der Waals surface area contributed by atoms with Crippen molar-refractivity contribution in [2.45, 2.75) is 23.0 Å². The van der Waals surface area contributed by atoms with Gasteiger partial charge < -0.3 is 9.15 Å². The molecule has 1 N–H and O–H groups in total. The summed E-state index contributed by atoms with van der Waals surface area (Å²) in [7, 11) is -2.33. The zero-order valence-corrected chi connectivity index (χ0v) is 16.1. The number of nitriles is 1. The van der Waals surface area contributed by atoms with Gasteiger partial charge in [0.05, 0.1) is 23.8 Å². The zero-order chi connectivity index (χ0) is 19.3. The Kier molecular flexibility index (Phi) is 5.88. The van der Waals surface area contributed by atoms with Crippen molar-refractivity contribution in [3.63, 3.8) is 0 Å². The highest BCUT2D eigenvalue weighted by Gasteiger charge is 2.18. The van der Waals surface area contributed by atoms with Gasteiger partial charge in [0.25, 0.3) is 15.2 Å². The molecule has 3 rings (SSSR count). The van der Waals surface area contributed by atoms with E-state index in [0.29, 0.717) is 39.9 Å². The molecule has 1 aromatic heterocycles. The first-order valence-corrected chi connectivity index (χ1v) is 10.6. The summed E-state index contributed by atoms with van der Waals surface area (Å²) in [5.74, 6) is 1.14. The fourth-order valence-corrected chi connectivity index (χ4v) is 4.22. The van der Waals surface area contributed by atoms with Crippen LogP contribution in [0, 0.1) is 11.3 Å². The van der Waals surface area contributed by atoms with Crippen LogP contribution in [0.5, 0.6) is 5.75 Å². The second-order valence-electron chi connectivity index (χ2n) is 5.53. The third-order valence-electron chi connectivity index (χ3n) is 3.66. The quantitative estimate of drug-likeness (QED) is 0.447. The van der Waals surface area contributed by atoms with Gasteiger partial charge in [0.1, 0.15) is 11.3 Å². The second-order valence-corrected chi connectivity index (χ2v) is 8.25. The van der Waals surface area contributed by atoms with Gasteiger partial charge in [-0.25, -0.2) is 13.4 Å². The molecule has 0 atom stereocenters. The van der Waals surface area contributed by atoms with E-state index in [4.69, 9.17) is 14.4 Å². The van der Waals surface area contributed by atoms with Crippen LogP contribution < -0.4 is 9.46 Å². The molecule has 0 amide bonds. The summed E-state index contributed by atoms with van der Waals surface area (Å²) in [4.78, 5) is 4.40. The lowest BCUT2D eigenvalue weighted by Gasteiger charge is -2.11. The molecule has 0 aliphatic rings. The van der Waals surface area contributed by atoms with Gasteiger partial charge in [-0.15, -0.1) is 0 Å². The molecule has 0 spiro atoms. The smallest absolute Gasteiger partial charge is 0.262 e. The summed E-state index contributed by atoms with van der Waals surface area (Å²) in [6.07, 6.45) is 1.21. The van der Waals surface area contributed by atoms with E-state index in [1.807, 2.05) is 0 Å². The van der Waals surface area contributed by atoms with Gasteiger partial charge in [-0.3, -0.25) is 4.72 Å². The number of oxazole rings is 1. The van der Waals surface area contributed by atoms with Gasteiger partial charge in [-0.05, 0) is 36.8 Å². The van der Waals surface area contributed by atoms with Crippen LogP contribution in [0.25, 0.3) is 11.1 Å². The summed E-state index contributed by atoms with van der Waals surface area (Å²) >= 11 is 1.40. The van der Waals surface area contributed by atoms with Crippen molar-refractivity contribution >= 4 is 38.6 Å². The van der Waals surface area contributed by atoms with Gasteiger partial charge >= 0.3 is 0 Å². The van der Waals surface area contributed by atoms with E-state index in [0.717, 1.165) is 6.42 Å². The molecule has 3 aromatic rings. The number of ether oxygens (including phenoxy) is 1. The Morgan fingerprint density at radius 3 is 2.89 bits per heavy atom. The molecule has 0 saturated heterocycles. The third kappa shape index (κ3) is 4.53. The van der Waals surface area contributed by atoms with Crippen LogP contribution in [0.15, 0.2) is 57.0 Å². The number of hydrogen-bond acceptors (Lipinski definition) is 7. The number of unbranched alkanes of at least 4 members (excludes halogenated alkanes) is 1. The number of para-hydroxylation sites is 2. The number of sulfonamides is 1. The fourth-order valence-electron chi connectivity index (χ4n) is 2.36. The maximum atomic E-state index is 12.7. The number of fused-ring (bicyclic) bond motifs is 1. The maximum absolute atomic E-state index is 12.7. The molecule has 140 valence electrons. The third-order valence-corrected chi connectivity index (χ3v) is 5.94. The Labute approximate surface area is 161 Å². The van der Waals surface area contributed by atoms with E-state index < -0.39 is 10.0 Å². The molecule has 0 radical (unpaired) electrons. The normalized spacial score (nSPS) is 11.3. The number of thioether (sulfide) groups is 1. The Bertz CT molecular complexity index is 1090. The topological polar surface area (TPSA) is 105 Å². The van der Waals surface area contributed by atoms with Crippen molar-refractivity contribution in [3.8, 4) is 11.8 Å². The van der Waals surface area contributed by atoms with Crippen molar-refractivity contribution in [2.75, 3.05) is 17.6 Å². The predicted octanol–water partition coefficient (Wildman–Crippen LogP) is 4.03. The van der Waals surface area contributed by atoms with Crippen molar-refractivity contribution in [1.29, 1.82) is 5.26 Å². The Morgan fingerprint density at radius 2 is 2.11 bits per heavy atom. The van der Waals surface area contributed by atoms with Crippen LogP contribution in [0.1, 0.15) is 12.8 Å². The van der Waals surface area contributed by atoms with Crippen molar-refractivity contribution in [3.05, 3.63) is 42.5 Å². The number of methoxy groups -OCH3 is 1. The van der Waals surface area contributed by atoms with Crippen molar-refractivity contribution < 1.29 is 17.6 Å². The summed E-state index contributed by atoms with van der Waals surface area (Å²) in [6.45, 7) is 0. The molecule has 0 aliphatic carbocycles. The lowest BCUT2D eigenvalue weighted by atomic mass is 10.3.